The van der Waals surface area contributed by atoms with Crippen LogP contribution < -0.4 is 19.5 Å². The quantitative estimate of drug-likeness (QED) is 0.758. The summed E-state index contributed by atoms with van der Waals surface area (Å²) in [5.41, 5.74) is 0. The topological polar surface area (TPSA) is 137 Å². The maximum atomic E-state index is 12.0. The van der Waals surface area contributed by atoms with Gasteiger partial charge in [0.05, 0.1) is 20.3 Å². The number of aryl methyl sites for hydroxylation is 1. The molecule has 0 saturated heterocycles. The summed E-state index contributed by atoms with van der Waals surface area (Å²) >= 11 is 0. The Labute approximate surface area is 131 Å². The number of nitrogens with zero attached hydrogens (tertiary/aromatic N) is 4. The predicted octanol–water partition coefficient (Wildman–Crippen LogP) is -0.262. The Bertz CT molecular complexity index is 796. The zero-order valence-electron chi connectivity index (χ0n) is 12.5. The second-order valence-corrected chi connectivity index (χ2v) is 5.73. The average molecular weight is 342 g/mol. The summed E-state index contributed by atoms with van der Waals surface area (Å²) in [6, 6.07) is 0.344. The van der Waals surface area contributed by atoms with Crippen LogP contribution in [-0.4, -0.2) is 48.2 Å². The normalized spacial score (nSPS) is 10.9. The van der Waals surface area contributed by atoms with Crippen LogP contribution in [-0.2, 0) is 17.1 Å². The van der Waals surface area contributed by atoms with Gasteiger partial charge in [-0.1, -0.05) is 0 Å². The van der Waals surface area contributed by atoms with Crippen molar-refractivity contribution in [2.45, 2.75) is 5.16 Å². The second-order valence-electron chi connectivity index (χ2n) is 4.16. The number of carbonyl (C=O) groups is 1. The van der Waals surface area contributed by atoms with E-state index in [1.165, 1.54) is 44.3 Å². The van der Waals surface area contributed by atoms with Gasteiger partial charge in [-0.2, -0.15) is 18.4 Å². The molecule has 2 N–H and O–H groups in total. The summed E-state index contributed by atoms with van der Waals surface area (Å²) in [6.45, 7) is 0. The highest BCUT2D eigenvalue weighted by molar-refractivity contribution is 7.89. The van der Waals surface area contributed by atoms with Gasteiger partial charge in [-0.05, 0) is 0 Å². The maximum Gasteiger partial charge on any atom is 0.335 e. The van der Waals surface area contributed by atoms with E-state index in [-0.39, 0.29) is 22.9 Å². The van der Waals surface area contributed by atoms with Gasteiger partial charge in [0.15, 0.2) is 0 Å². The van der Waals surface area contributed by atoms with E-state index in [0.717, 1.165) is 0 Å². The van der Waals surface area contributed by atoms with Crippen molar-refractivity contribution >= 4 is 22.0 Å². The van der Waals surface area contributed by atoms with Crippen LogP contribution >= 0.6 is 0 Å². The molecule has 2 aromatic heterocycles. The summed E-state index contributed by atoms with van der Waals surface area (Å²) in [7, 11) is 0.0994. The third-order valence-corrected chi connectivity index (χ3v) is 3.90. The highest BCUT2D eigenvalue weighted by atomic mass is 32.2. The summed E-state index contributed by atoms with van der Waals surface area (Å²) in [5, 5.41) is 1.87. The third-order valence-electron chi connectivity index (χ3n) is 2.57. The van der Waals surface area contributed by atoms with E-state index in [9.17, 15) is 13.2 Å². The van der Waals surface area contributed by atoms with E-state index in [1.807, 2.05) is 0 Å². The van der Waals surface area contributed by atoms with Gasteiger partial charge >= 0.3 is 6.03 Å². The minimum Gasteiger partial charge on any atom is -0.481 e. The molecule has 0 aliphatic carbocycles. The molecule has 0 aromatic carbocycles. The first-order valence-corrected chi connectivity index (χ1v) is 7.62. The smallest absolute Gasteiger partial charge is 0.335 e. The standard InChI is InChI=1S/C11H14N6O5S/c1-17-5-4-12-11(17)23(19,20)16-10(18)15-9-13-7(21-2)6-8(14-9)22-3/h4-6H,1-3H3,(H2,13,14,15,16,18). The summed E-state index contributed by atoms with van der Waals surface area (Å²) in [5.74, 6) is 0.0898. The molecule has 12 heteroatoms. The number of sulfonamides is 1. The van der Waals surface area contributed by atoms with Crippen molar-refractivity contribution in [3.63, 3.8) is 0 Å². The zero-order valence-corrected chi connectivity index (χ0v) is 13.3. The summed E-state index contributed by atoms with van der Waals surface area (Å²) < 4.78 is 36.9. The van der Waals surface area contributed by atoms with Crippen LogP contribution in [0, 0.1) is 0 Å². The molecule has 0 saturated carbocycles. The van der Waals surface area contributed by atoms with Crippen LogP contribution in [0.4, 0.5) is 10.7 Å². The first-order chi connectivity index (χ1) is 10.9. The number of nitrogens with one attached hydrogen (secondary N) is 2. The van der Waals surface area contributed by atoms with Crippen LogP contribution in [0.15, 0.2) is 23.6 Å². The Morgan fingerprint density at radius 3 is 2.30 bits per heavy atom. The molecule has 0 aliphatic rings. The molecule has 2 heterocycles. The van der Waals surface area contributed by atoms with E-state index in [2.05, 4.69) is 20.3 Å². The van der Waals surface area contributed by atoms with Gasteiger partial charge in [0.25, 0.3) is 10.0 Å². The molecule has 0 spiro atoms. The van der Waals surface area contributed by atoms with Crippen molar-refractivity contribution in [2.75, 3.05) is 19.5 Å². The number of ether oxygens (including phenoxy) is 2. The lowest BCUT2D eigenvalue weighted by molar-refractivity contribution is 0.256. The minimum atomic E-state index is -4.13. The van der Waals surface area contributed by atoms with Gasteiger partial charge in [0.2, 0.25) is 22.9 Å². The molecule has 0 bridgehead atoms. The SMILES string of the molecule is COc1cc(OC)nc(NC(=O)NS(=O)(=O)c2nccn2C)n1. The lowest BCUT2D eigenvalue weighted by Gasteiger charge is -2.09. The van der Waals surface area contributed by atoms with Crippen LogP contribution in [0.3, 0.4) is 0 Å². The van der Waals surface area contributed by atoms with Gasteiger partial charge in [0.1, 0.15) is 0 Å². The lowest BCUT2D eigenvalue weighted by atomic mass is 10.6. The number of urea groups is 1. The first-order valence-electron chi connectivity index (χ1n) is 6.14. The Morgan fingerprint density at radius 2 is 1.83 bits per heavy atom. The number of hydrogen-bond donors (Lipinski definition) is 2. The molecule has 2 rings (SSSR count). The van der Waals surface area contributed by atoms with Gasteiger partial charge < -0.3 is 14.0 Å². The molecule has 0 unspecified atom stereocenters. The van der Waals surface area contributed by atoms with E-state index in [1.54, 1.807) is 4.72 Å². The molecule has 11 nitrogen and oxygen atoms in total. The molecule has 0 radical (unpaired) electrons. The number of methoxy groups -OCH3 is 2. The highest BCUT2D eigenvalue weighted by Gasteiger charge is 2.22. The Hall–Kier alpha value is -2.89. The second kappa shape index (κ2) is 6.48. The molecule has 2 aromatic rings. The van der Waals surface area contributed by atoms with Crippen LogP contribution in [0.5, 0.6) is 11.8 Å². The van der Waals surface area contributed by atoms with Crippen molar-refractivity contribution < 1.29 is 22.7 Å². The Balaban J connectivity index is 2.15. The van der Waals surface area contributed by atoms with E-state index in [4.69, 9.17) is 9.47 Å². The van der Waals surface area contributed by atoms with Gasteiger partial charge in [0, 0.05) is 19.4 Å². The van der Waals surface area contributed by atoms with Crippen LogP contribution in [0.1, 0.15) is 0 Å². The summed E-state index contributed by atoms with van der Waals surface area (Å²) in [6.07, 6.45) is 2.73. The monoisotopic (exact) mass is 342 g/mol. The van der Waals surface area contributed by atoms with Gasteiger partial charge in [-0.3, -0.25) is 5.32 Å². The fourth-order valence-corrected chi connectivity index (χ4v) is 2.60. The van der Waals surface area contributed by atoms with Crippen molar-refractivity contribution in [2.24, 2.45) is 7.05 Å². The highest BCUT2D eigenvalue weighted by Crippen LogP contribution is 2.17. The fraction of sp³-hybridized carbons (Fsp3) is 0.273. The van der Waals surface area contributed by atoms with Crippen molar-refractivity contribution in [1.29, 1.82) is 0 Å². The number of hydrogen-bond acceptors (Lipinski definition) is 8. The predicted molar refractivity (Wildman–Crippen MR) is 77.7 cm³/mol. The van der Waals surface area contributed by atoms with Gasteiger partial charge in [-0.25, -0.2) is 14.5 Å². The lowest BCUT2D eigenvalue weighted by Crippen LogP contribution is -2.36. The van der Waals surface area contributed by atoms with Crippen LogP contribution in [0.2, 0.25) is 0 Å². The van der Waals surface area contributed by atoms with E-state index >= 15 is 0 Å². The van der Waals surface area contributed by atoms with Gasteiger partial charge in [-0.15, -0.1) is 0 Å². The maximum absolute atomic E-state index is 12.0. The molecule has 0 aliphatic heterocycles. The number of carbonyl (C=O) groups excluding carboxylic acids is 1. The van der Waals surface area contributed by atoms with Crippen molar-refractivity contribution in [3.8, 4) is 11.8 Å². The van der Waals surface area contributed by atoms with Crippen molar-refractivity contribution in [1.82, 2.24) is 24.2 Å². The number of amides is 2. The fourth-order valence-electron chi connectivity index (χ4n) is 1.57. The Kier molecular flexibility index (Phi) is 4.64. The third kappa shape index (κ3) is 3.85. The number of imidazole rings is 1. The van der Waals surface area contributed by atoms with E-state index < -0.39 is 16.1 Å². The first kappa shape index (κ1) is 16.5. The number of anilines is 1. The largest absolute Gasteiger partial charge is 0.481 e. The molecule has 124 valence electrons. The minimum absolute atomic E-state index is 0.138. The average Bonchev–Trinajstić information content (AvgIpc) is 2.93. The Morgan fingerprint density at radius 1 is 1.22 bits per heavy atom. The molecular formula is C11H14N6O5S. The molecule has 23 heavy (non-hydrogen) atoms. The van der Waals surface area contributed by atoms with Crippen molar-refractivity contribution in [3.05, 3.63) is 18.5 Å². The number of aromatic nitrogens is 4. The number of rotatable bonds is 5. The molecule has 0 fully saturated rings. The molecule has 2 amide bonds. The molecule has 0 atom stereocenters. The van der Waals surface area contributed by atoms with Crippen LogP contribution in [0.25, 0.3) is 0 Å². The zero-order chi connectivity index (χ0) is 17.0. The molecular weight excluding hydrogens is 328 g/mol. The summed E-state index contributed by atoms with van der Waals surface area (Å²) in [4.78, 5) is 23.2. The van der Waals surface area contributed by atoms with E-state index in [0.29, 0.717) is 0 Å².